The zero-order valence-corrected chi connectivity index (χ0v) is 16.0. The fourth-order valence-electron chi connectivity index (χ4n) is 2.58. The number of nitrogens with one attached hydrogen (secondary N) is 2. The molecule has 28 heavy (non-hydrogen) atoms. The Morgan fingerprint density at radius 2 is 1.61 bits per heavy atom. The van der Waals surface area contributed by atoms with Gasteiger partial charge in [0.05, 0.1) is 4.90 Å². The third-order valence-corrected chi connectivity index (χ3v) is 5.52. The van der Waals surface area contributed by atoms with Crippen LogP contribution in [-0.2, 0) is 16.4 Å². The van der Waals surface area contributed by atoms with Gasteiger partial charge in [0.25, 0.3) is 15.9 Å². The summed E-state index contributed by atoms with van der Waals surface area (Å²) < 4.78 is 40.7. The minimum absolute atomic E-state index is 0.0365. The maximum absolute atomic E-state index is 13.2. The smallest absolute Gasteiger partial charge is 0.261 e. The van der Waals surface area contributed by atoms with E-state index < -0.39 is 21.7 Å². The molecule has 0 aliphatic heterocycles. The minimum atomic E-state index is -3.77. The molecule has 0 heterocycles. The van der Waals surface area contributed by atoms with Crippen LogP contribution in [0.5, 0.6) is 0 Å². The maximum atomic E-state index is 13.2. The Bertz CT molecular complexity index is 1080. The van der Waals surface area contributed by atoms with Crippen molar-refractivity contribution >= 4 is 27.3 Å². The van der Waals surface area contributed by atoms with Gasteiger partial charge < -0.3 is 5.32 Å². The molecule has 7 heteroatoms. The zero-order chi connectivity index (χ0) is 20.1. The van der Waals surface area contributed by atoms with Gasteiger partial charge >= 0.3 is 0 Å². The second-order valence-corrected chi connectivity index (χ2v) is 7.83. The summed E-state index contributed by atoms with van der Waals surface area (Å²) in [5, 5.41) is 2.56. The van der Waals surface area contributed by atoms with Crippen LogP contribution in [0.3, 0.4) is 0 Å². The Labute approximate surface area is 163 Å². The SMILES string of the molecule is CCc1ccc(NS(=O)(=O)c2ccc(C(=O)Nc3cccc(F)c3)cc2)cc1. The number of hydrogen-bond acceptors (Lipinski definition) is 3. The molecular formula is C21H19FN2O3S. The van der Waals surface area contributed by atoms with Crippen molar-refractivity contribution in [3.05, 3.63) is 89.7 Å². The zero-order valence-electron chi connectivity index (χ0n) is 15.1. The molecule has 0 bridgehead atoms. The largest absolute Gasteiger partial charge is 0.322 e. The summed E-state index contributed by atoms with van der Waals surface area (Å²) in [7, 11) is -3.77. The summed E-state index contributed by atoms with van der Waals surface area (Å²) in [6.45, 7) is 2.02. The number of aryl methyl sites for hydroxylation is 1. The molecule has 0 aromatic heterocycles. The Balaban J connectivity index is 1.72. The lowest BCUT2D eigenvalue weighted by atomic mass is 10.2. The summed E-state index contributed by atoms with van der Waals surface area (Å²) in [5.41, 5.74) is 2.15. The average Bonchev–Trinajstić information content (AvgIpc) is 2.68. The first kappa shape index (κ1) is 19.6. The quantitative estimate of drug-likeness (QED) is 0.645. The molecule has 144 valence electrons. The number of sulfonamides is 1. The van der Waals surface area contributed by atoms with Crippen molar-refractivity contribution < 1.29 is 17.6 Å². The number of anilines is 2. The molecule has 3 aromatic rings. The van der Waals surface area contributed by atoms with Gasteiger partial charge in [-0.05, 0) is 66.6 Å². The average molecular weight is 398 g/mol. The van der Waals surface area contributed by atoms with Gasteiger partial charge in [0.1, 0.15) is 5.82 Å². The van der Waals surface area contributed by atoms with Gasteiger partial charge in [0, 0.05) is 16.9 Å². The van der Waals surface area contributed by atoms with E-state index in [-0.39, 0.29) is 10.5 Å². The van der Waals surface area contributed by atoms with Crippen molar-refractivity contribution in [2.24, 2.45) is 0 Å². The van der Waals surface area contributed by atoms with Crippen LogP contribution in [0.4, 0.5) is 15.8 Å². The summed E-state index contributed by atoms with van der Waals surface area (Å²) in [6.07, 6.45) is 0.867. The van der Waals surface area contributed by atoms with E-state index in [1.807, 2.05) is 19.1 Å². The molecule has 0 aliphatic rings. The highest BCUT2D eigenvalue weighted by molar-refractivity contribution is 7.92. The van der Waals surface area contributed by atoms with Crippen LogP contribution in [0.25, 0.3) is 0 Å². The Hall–Kier alpha value is -3.19. The molecule has 0 radical (unpaired) electrons. The second-order valence-electron chi connectivity index (χ2n) is 6.14. The van der Waals surface area contributed by atoms with E-state index in [0.717, 1.165) is 12.0 Å². The molecule has 0 spiro atoms. The van der Waals surface area contributed by atoms with Gasteiger partial charge in [-0.1, -0.05) is 25.1 Å². The fraction of sp³-hybridized carbons (Fsp3) is 0.0952. The summed E-state index contributed by atoms with van der Waals surface area (Å²) in [4.78, 5) is 12.3. The number of benzene rings is 3. The molecule has 3 aromatic carbocycles. The van der Waals surface area contributed by atoms with Crippen molar-refractivity contribution in [1.82, 2.24) is 0 Å². The van der Waals surface area contributed by atoms with Gasteiger partial charge in [-0.25, -0.2) is 12.8 Å². The first-order valence-corrected chi connectivity index (χ1v) is 10.1. The van der Waals surface area contributed by atoms with E-state index in [0.29, 0.717) is 11.4 Å². The van der Waals surface area contributed by atoms with Gasteiger partial charge in [-0.15, -0.1) is 0 Å². The van der Waals surface area contributed by atoms with Gasteiger partial charge in [0.15, 0.2) is 0 Å². The number of amides is 1. The predicted octanol–water partition coefficient (Wildman–Crippen LogP) is 4.44. The van der Waals surface area contributed by atoms with Gasteiger partial charge in [-0.3, -0.25) is 9.52 Å². The Morgan fingerprint density at radius 3 is 2.21 bits per heavy atom. The van der Waals surface area contributed by atoms with Crippen LogP contribution in [0.15, 0.2) is 77.7 Å². The lowest BCUT2D eigenvalue weighted by molar-refractivity contribution is 0.102. The third-order valence-electron chi connectivity index (χ3n) is 4.12. The normalized spacial score (nSPS) is 11.1. The van der Waals surface area contributed by atoms with E-state index in [1.54, 1.807) is 18.2 Å². The van der Waals surface area contributed by atoms with Gasteiger partial charge in [0.2, 0.25) is 0 Å². The third kappa shape index (κ3) is 4.75. The van der Waals surface area contributed by atoms with Crippen molar-refractivity contribution in [1.29, 1.82) is 0 Å². The van der Waals surface area contributed by atoms with Gasteiger partial charge in [-0.2, -0.15) is 0 Å². The number of rotatable bonds is 6. The number of halogens is 1. The van der Waals surface area contributed by atoms with E-state index in [2.05, 4.69) is 10.0 Å². The van der Waals surface area contributed by atoms with Crippen LogP contribution in [0.2, 0.25) is 0 Å². The van der Waals surface area contributed by atoms with Crippen LogP contribution < -0.4 is 10.0 Å². The van der Waals surface area contributed by atoms with E-state index >= 15 is 0 Å². The number of hydrogen-bond donors (Lipinski definition) is 2. The predicted molar refractivity (Wildman–Crippen MR) is 107 cm³/mol. The van der Waals surface area contributed by atoms with Crippen LogP contribution >= 0.6 is 0 Å². The monoisotopic (exact) mass is 398 g/mol. The summed E-state index contributed by atoms with van der Waals surface area (Å²) in [6, 6.07) is 18.2. The van der Waals surface area contributed by atoms with Crippen molar-refractivity contribution in [2.75, 3.05) is 10.0 Å². The highest BCUT2D eigenvalue weighted by atomic mass is 32.2. The van der Waals surface area contributed by atoms with Crippen molar-refractivity contribution in [2.45, 2.75) is 18.2 Å². The number of carbonyl (C=O) groups is 1. The highest BCUT2D eigenvalue weighted by Gasteiger charge is 2.15. The minimum Gasteiger partial charge on any atom is -0.322 e. The lowest BCUT2D eigenvalue weighted by Gasteiger charge is -2.10. The molecule has 5 nitrogen and oxygen atoms in total. The molecule has 0 saturated heterocycles. The molecule has 1 amide bonds. The molecule has 0 aliphatic carbocycles. The fourth-order valence-corrected chi connectivity index (χ4v) is 3.64. The Kier molecular flexibility index (Phi) is 5.75. The maximum Gasteiger partial charge on any atom is 0.261 e. The van der Waals surface area contributed by atoms with E-state index in [4.69, 9.17) is 0 Å². The Morgan fingerprint density at radius 1 is 0.929 bits per heavy atom. The molecule has 2 N–H and O–H groups in total. The topological polar surface area (TPSA) is 75.3 Å². The van der Waals surface area contributed by atoms with Crippen LogP contribution in [0, 0.1) is 5.82 Å². The highest BCUT2D eigenvalue weighted by Crippen LogP contribution is 2.18. The number of carbonyl (C=O) groups excluding carboxylic acids is 1. The second kappa shape index (κ2) is 8.22. The first-order chi connectivity index (χ1) is 13.4. The molecular weight excluding hydrogens is 379 g/mol. The van der Waals surface area contributed by atoms with Crippen LogP contribution in [0.1, 0.15) is 22.8 Å². The first-order valence-electron chi connectivity index (χ1n) is 8.66. The van der Waals surface area contributed by atoms with Crippen LogP contribution in [-0.4, -0.2) is 14.3 Å². The van der Waals surface area contributed by atoms with E-state index in [1.165, 1.54) is 42.5 Å². The van der Waals surface area contributed by atoms with Crippen molar-refractivity contribution in [3.63, 3.8) is 0 Å². The molecule has 0 fully saturated rings. The standard InChI is InChI=1S/C21H19FN2O3S/c1-2-15-6-10-18(11-7-15)24-28(26,27)20-12-8-16(9-13-20)21(25)23-19-5-3-4-17(22)14-19/h3-14,24H,2H2,1H3,(H,23,25). The molecule has 0 atom stereocenters. The summed E-state index contributed by atoms with van der Waals surface area (Å²) >= 11 is 0. The van der Waals surface area contributed by atoms with Crippen molar-refractivity contribution in [3.8, 4) is 0 Å². The molecule has 0 saturated carbocycles. The lowest BCUT2D eigenvalue weighted by Crippen LogP contribution is -2.15. The molecule has 3 rings (SSSR count). The van der Waals surface area contributed by atoms with E-state index in [9.17, 15) is 17.6 Å². The molecule has 0 unspecified atom stereocenters. The summed E-state index contributed by atoms with van der Waals surface area (Å²) in [5.74, 6) is -0.921.